The lowest BCUT2D eigenvalue weighted by Crippen LogP contribution is -2.38. The van der Waals surface area contributed by atoms with Gasteiger partial charge in [-0.2, -0.15) is 0 Å². The molecule has 0 bridgehead atoms. The molecule has 30 heavy (non-hydrogen) atoms. The van der Waals surface area contributed by atoms with Gasteiger partial charge in [0, 0.05) is 35.6 Å². The van der Waals surface area contributed by atoms with Crippen molar-refractivity contribution in [3.8, 4) is 0 Å². The van der Waals surface area contributed by atoms with E-state index in [1.54, 1.807) is 29.6 Å². The van der Waals surface area contributed by atoms with E-state index in [0.717, 1.165) is 32.4 Å². The smallest absolute Gasteiger partial charge is 0.254 e. The van der Waals surface area contributed by atoms with Crippen molar-refractivity contribution in [3.05, 3.63) is 45.9 Å². The molecule has 2 heterocycles. The molecule has 9 heteroatoms. The zero-order chi connectivity index (χ0) is 21.5. The van der Waals surface area contributed by atoms with Crippen molar-refractivity contribution in [2.24, 2.45) is 0 Å². The van der Waals surface area contributed by atoms with Crippen molar-refractivity contribution in [1.29, 1.82) is 0 Å². The summed E-state index contributed by atoms with van der Waals surface area (Å²) in [4.78, 5) is 45.2. The normalized spacial score (nSPS) is 13.3. The van der Waals surface area contributed by atoms with E-state index in [2.05, 4.69) is 10.3 Å². The molecule has 0 aliphatic carbocycles. The number of hydrogen-bond acceptors (Lipinski definition) is 5. The maximum Gasteiger partial charge on any atom is 0.254 e. The van der Waals surface area contributed by atoms with E-state index >= 15 is 0 Å². The van der Waals surface area contributed by atoms with Crippen molar-refractivity contribution in [1.82, 2.24) is 14.8 Å². The molecule has 7 nitrogen and oxygen atoms in total. The van der Waals surface area contributed by atoms with Crippen molar-refractivity contribution in [2.45, 2.75) is 32.6 Å². The van der Waals surface area contributed by atoms with Crippen LogP contribution < -0.4 is 5.32 Å². The van der Waals surface area contributed by atoms with Crippen LogP contribution in [0.1, 0.15) is 42.2 Å². The van der Waals surface area contributed by atoms with Gasteiger partial charge in [-0.1, -0.05) is 18.5 Å². The largest absolute Gasteiger partial charge is 0.342 e. The molecule has 3 amide bonds. The fourth-order valence-electron chi connectivity index (χ4n) is 3.31. The molecule has 1 aliphatic rings. The molecular formula is C21H25ClN4O3S. The predicted octanol–water partition coefficient (Wildman–Crippen LogP) is 3.45. The van der Waals surface area contributed by atoms with Crippen LogP contribution in [0.5, 0.6) is 0 Å². The SMILES string of the molecule is CCCN(CC(=O)Nc1nc(CC(=O)N2CCCC2)cs1)C(=O)c1ccc(Cl)cc1. The summed E-state index contributed by atoms with van der Waals surface area (Å²) in [6.07, 6.45) is 3.07. The third-order valence-corrected chi connectivity index (χ3v) is 5.85. The summed E-state index contributed by atoms with van der Waals surface area (Å²) in [6.45, 7) is 3.95. The van der Waals surface area contributed by atoms with Crippen LogP contribution in [0.15, 0.2) is 29.6 Å². The summed E-state index contributed by atoms with van der Waals surface area (Å²) in [6, 6.07) is 6.60. The Labute approximate surface area is 185 Å². The molecule has 2 aromatic rings. The number of rotatable bonds is 8. The Morgan fingerprint density at radius 3 is 2.57 bits per heavy atom. The van der Waals surface area contributed by atoms with E-state index in [-0.39, 0.29) is 30.7 Å². The van der Waals surface area contributed by atoms with Gasteiger partial charge in [0.25, 0.3) is 5.91 Å². The van der Waals surface area contributed by atoms with Gasteiger partial charge in [-0.05, 0) is 43.5 Å². The number of amides is 3. The third-order valence-electron chi connectivity index (χ3n) is 4.80. The summed E-state index contributed by atoms with van der Waals surface area (Å²) in [5.41, 5.74) is 1.13. The topological polar surface area (TPSA) is 82.6 Å². The van der Waals surface area contributed by atoms with Gasteiger partial charge >= 0.3 is 0 Å². The van der Waals surface area contributed by atoms with Crippen LogP contribution in [0.25, 0.3) is 0 Å². The van der Waals surface area contributed by atoms with Gasteiger partial charge in [-0.15, -0.1) is 11.3 Å². The molecule has 1 aromatic heterocycles. The predicted molar refractivity (Wildman–Crippen MR) is 118 cm³/mol. The number of nitrogens with one attached hydrogen (secondary N) is 1. The number of benzene rings is 1. The van der Waals surface area contributed by atoms with E-state index < -0.39 is 0 Å². The van der Waals surface area contributed by atoms with Crippen LogP contribution in [0.3, 0.4) is 0 Å². The minimum Gasteiger partial charge on any atom is -0.342 e. The minimum absolute atomic E-state index is 0.0679. The molecule has 3 rings (SSSR count). The molecule has 1 aromatic carbocycles. The molecule has 1 N–H and O–H groups in total. The molecule has 0 atom stereocenters. The molecule has 1 aliphatic heterocycles. The van der Waals surface area contributed by atoms with E-state index in [9.17, 15) is 14.4 Å². The Kier molecular flexibility index (Phi) is 7.81. The number of anilines is 1. The van der Waals surface area contributed by atoms with Crippen LogP contribution in [-0.4, -0.2) is 58.7 Å². The lowest BCUT2D eigenvalue weighted by atomic mass is 10.2. The lowest BCUT2D eigenvalue weighted by molar-refractivity contribution is -0.129. The van der Waals surface area contributed by atoms with E-state index in [0.29, 0.717) is 28.0 Å². The van der Waals surface area contributed by atoms with Gasteiger partial charge < -0.3 is 15.1 Å². The number of likely N-dealkylation sites (tertiary alicyclic amines) is 1. The summed E-state index contributed by atoms with van der Waals surface area (Å²) in [5.74, 6) is -0.476. The first-order valence-corrected chi connectivity index (χ1v) is 11.3. The second kappa shape index (κ2) is 10.5. The quantitative estimate of drug-likeness (QED) is 0.670. The average molecular weight is 449 g/mol. The summed E-state index contributed by atoms with van der Waals surface area (Å²) >= 11 is 7.16. The number of nitrogens with zero attached hydrogens (tertiary/aromatic N) is 3. The fraction of sp³-hybridized carbons (Fsp3) is 0.429. The standard InChI is InChI=1S/C21H25ClN4O3S/c1-2-9-26(20(29)15-5-7-16(22)8-6-15)13-18(27)24-21-23-17(14-30-21)12-19(28)25-10-3-4-11-25/h5-8,14H,2-4,9-13H2,1H3,(H,23,24,27). The van der Waals surface area contributed by atoms with Gasteiger partial charge in [0.2, 0.25) is 11.8 Å². The molecule has 1 saturated heterocycles. The van der Waals surface area contributed by atoms with Crippen molar-refractivity contribution in [2.75, 3.05) is 31.5 Å². The molecule has 160 valence electrons. The highest BCUT2D eigenvalue weighted by molar-refractivity contribution is 7.13. The zero-order valence-electron chi connectivity index (χ0n) is 16.9. The Hall–Kier alpha value is -2.45. The van der Waals surface area contributed by atoms with Gasteiger partial charge in [0.1, 0.15) is 6.54 Å². The third kappa shape index (κ3) is 6.03. The van der Waals surface area contributed by atoms with Gasteiger partial charge in [-0.3, -0.25) is 14.4 Å². The second-order valence-electron chi connectivity index (χ2n) is 7.19. The van der Waals surface area contributed by atoms with Crippen LogP contribution in [0.2, 0.25) is 5.02 Å². The van der Waals surface area contributed by atoms with Crippen molar-refractivity contribution >= 4 is 45.8 Å². The fourth-order valence-corrected chi connectivity index (χ4v) is 4.16. The first kappa shape index (κ1) is 22.2. The number of hydrogen-bond donors (Lipinski definition) is 1. The second-order valence-corrected chi connectivity index (χ2v) is 8.48. The number of thiazole rings is 1. The van der Waals surface area contributed by atoms with Crippen LogP contribution in [0.4, 0.5) is 5.13 Å². The molecule has 1 fully saturated rings. The van der Waals surface area contributed by atoms with Crippen LogP contribution in [0, 0.1) is 0 Å². The minimum atomic E-state index is -0.322. The Morgan fingerprint density at radius 2 is 1.90 bits per heavy atom. The number of halogens is 1. The number of aromatic nitrogens is 1. The average Bonchev–Trinajstić information content (AvgIpc) is 3.40. The van der Waals surface area contributed by atoms with Gasteiger partial charge in [-0.25, -0.2) is 4.98 Å². The monoisotopic (exact) mass is 448 g/mol. The zero-order valence-corrected chi connectivity index (χ0v) is 18.5. The maximum absolute atomic E-state index is 12.7. The summed E-state index contributed by atoms with van der Waals surface area (Å²) < 4.78 is 0. The van der Waals surface area contributed by atoms with Crippen molar-refractivity contribution in [3.63, 3.8) is 0 Å². The molecular weight excluding hydrogens is 424 g/mol. The van der Waals surface area contributed by atoms with Crippen molar-refractivity contribution < 1.29 is 14.4 Å². The Bertz CT molecular complexity index is 894. The number of carbonyl (C=O) groups is 3. The highest BCUT2D eigenvalue weighted by Crippen LogP contribution is 2.18. The van der Waals surface area contributed by atoms with E-state index in [1.165, 1.54) is 16.2 Å². The maximum atomic E-state index is 12.7. The molecule has 0 saturated carbocycles. The summed E-state index contributed by atoms with van der Waals surface area (Å²) in [7, 11) is 0. The van der Waals surface area contributed by atoms with Gasteiger partial charge in [0.15, 0.2) is 5.13 Å². The molecule has 0 unspecified atom stereocenters. The molecule has 0 radical (unpaired) electrons. The summed E-state index contributed by atoms with van der Waals surface area (Å²) in [5, 5.41) is 5.50. The Balaban J connectivity index is 1.56. The van der Waals surface area contributed by atoms with Crippen LogP contribution >= 0.6 is 22.9 Å². The highest BCUT2D eigenvalue weighted by atomic mass is 35.5. The lowest BCUT2D eigenvalue weighted by Gasteiger charge is -2.21. The van der Waals surface area contributed by atoms with Gasteiger partial charge in [0.05, 0.1) is 12.1 Å². The Morgan fingerprint density at radius 1 is 1.20 bits per heavy atom. The molecule has 0 spiro atoms. The van der Waals surface area contributed by atoms with Crippen LogP contribution in [-0.2, 0) is 16.0 Å². The first-order valence-electron chi connectivity index (χ1n) is 10.0. The first-order chi connectivity index (χ1) is 14.5. The van der Waals surface area contributed by atoms with E-state index in [1.807, 2.05) is 11.8 Å². The highest BCUT2D eigenvalue weighted by Gasteiger charge is 2.21. The number of carbonyl (C=O) groups excluding carboxylic acids is 3. The van der Waals surface area contributed by atoms with E-state index in [4.69, 9.17) is 11.6 Å².